The van der Waals surface area contributed by atoms with E-state index in [-0.39, 0.29) is 41.7 Å². The Morgan fingerprint density at radius 1 is 0.793 bits per heavy atom. The summed E-state index contributed by atoms with van der Waals surface area (Å²) in [5, 5.41) is 0.870. The molecule has 2 rings (SSSR count). The molecular weight excluding hydrogens is 431 g/mol. The first-order chi connectivity index (χ1) is 12.3. The highest BCUT2D eigenvalue weighted by atomic mass is 35.5. The molecule has 0 aliphatic carbocycles. The van der Waals surface area contributed by atoms with E-state index in [2.05, 4.69) is 20.8 Å². The Balaban J connectivity index is 0. The molecule has 0 aliphatic heterocycles. The summed E-state index contributed by atoms with van der Waals surface area (Å²) < 4.78 is 0. The van der Waals surface area contributed by atoms with Crippen molar-refractivity contribution in [3.8, 4) is 0 Å². The molecule has 2 aromatic carbocycles. The first-order valence-electron chi connectivity index (χ1n) is 8.78. The van der Waals surface area contributed by atoms with Crippen molar-refractivity contribution in [2.75, 3.05) is 0 Å². The zero-order valence-electron chi connectivity index (χ0n) is 17.7. The van der Waals surface area contributed by atoms with Crippen LogP contribution in [0, 0.1) is 0 Å². The van der Waals surface area contributed by atoms with E-state index in [4.69, 9.17) is 17.4 Å². The Bertz CT molecular complexity index is 765. The van der Waals surface area contributed by atoms with Crippen LogP contribution in [-0.2, 0) is 5.41 Å². The number of rotatable bonds is 2. The van der Waals surface area contributed by atoms with Crippen molar-refractivity contribution in [1.29, 1.82) is 0 Å². The topological polar surface area (TPSA) is 63.4 Å². The van der Waals surface area contributed by atoms with E-state index in [0.29, 0.717) is 11.1 Å². The summed E-state index contributed by atoms with van der Waals surface area (Å²) in [6.45, 7) is 12.2. The van der Waals surface area contributed by atoms with Gasteiger partial charge >= 0.3 is 0 Å². The second kappa shape index (κ2) is 12.2. The van der Waals surface area contributed by atoms with Crippen molar-refractivity contribution in [3.05, 3.63) is 71.3 Å². The number of halogens is 3. The van der Waals surface area contributed by atoms with Gasteiger partial charge in [-0.25, -0.2) is 5.84 Å². The van der Waals surface area contributed by atoms with Crippen LogP contribution in [0.5, 0.6) is 0 Å². The molecule has 2 N–H and O–H groups in total. The second-order valence-corrected chi connectivity index (χ2v) is 8.66. The minimum absolute atomic E-state index is 0. The van der Waals surface area contributed by atoms with Gasteiger partial charge in [0.15, 0.2) is 0 Å². The maximum Gasteiger partial charge on any atom is 0.268 e. The molecule has 0 bridgehead atoms. The zero-order chi connectivity index (χ0) is 20.8. The standard InChI is InChI=1S/C15H24N2O.C7H5ClO.2ClH/c1-14(2,3)12-9-7-11(8-10-12)13(18)17(16)15(4,5)6;8-7(9)6-4-2-1-3-5-6;;/h7-10H,16H2,1-6H3;1-5H;2*1H. The number of carbonyl (C=O) groups excluding carboxylic acids is 2. The van der Waals surface area contributed by atoms with Gasteiger partial charge in [0.1, 0.15) is 0 Å². The molecule has 0 aromatic heterocycles. The summed E-state index contributed by atoms with van der Waals surface area (Å²) in [6.07, 6.45) is 0. The van der Waals surface area contributed by atoms with Gasteiger partial charge in [0.2, 0.25) is 0 Å². The van der Waals surface area contributed by atoms with Crippen LogP contribution in [0.4, 0.5) is 0 Å². The molecule has 0 saturated heterocycles. The number of hydrogen-bond acceptors (Lipinski definition) is 3. The third-order valence-corrected chi connectivity index (χ3v) is 4.16. The summed E-state index contributed by atoms with van der Waals surface area (Å²) in [5.74, 6) is 5.68. The predicted molar refractivity (Wildman–Crippen MR) is 126 cm³/mol. The average Bonchev–Trinajstić information content (AvgIpc) is 2.60. The number of amides is 1. The van der Waals surface area contributed by atoms with Crippen LogP contribution >= 0.6 is 36.4 Å². The van der Waals surface area contributed by atoms with Crippen LogP contribution < -0.4 is 5.84 Å². The highest BCUT2D eigenvalue weighted by molar-refractivity contribution is 6.67. The first-order valence-corrected chi connectivity index (χ1v) is 9.16. The van der Waals surface area contributed by atoms with Crippen LogP contribution in [-0.4, -0.2) is 21.7 Å². The van der Waals surface area contributed by atoms with Gasteiger partial charge in [-0.05, 0) is 55.5 Å². The number of carbonyl (C=O) groups is 2. The van der Waals surface area contributed by atoms with Crippen LogP contribution in [0.3, 0.4) is 0 Å². The fourth-order valence-electron chi connectivity index (χ4n) is 2.13. The number of hydrogen-bond donors (Lipinski definition) is 1. The number of nitrogens with two attached hydrogens (primary N) is 1. The molecule has 7 heteroatoms. The Hall–Kier alpha value is -1.59. The number of nitrogens with zero attached hydrogens (tertiary/aromatic N) is 1. The summed E-state index contributed by atoms with van der Waals surface area (Å²) in [5.41, 5.74) is 2.09. The molecule has 1 amide bonds. The Morgan fingerprint density at radius 3 is 1.55 bits per heavy atom. The van der Waals surface area contributed by atoms with Gasteiger partial charge in [-0.1, -0.05) is 63.2 Å². The molecule has 4 nitrogen and oxygen atoms in total. The maximum absolute atomic E-state index is 12.2. The van der Waals surface area contributed by atoms with E-state index in [9.17, 15) is 9.59 Å². The first kappa shape index (κ1) is 29.6. The van der Waals surface area contributed by atoms with Gasteiger partial charge in [0.25, 0.3) is 11.1 Å². The molecule has 0 radical (unpaired) electrons. The molecule has 0 atom stereocenters. The third-order valence-electron chi connectivity index (χ3n) is 3.94. The molecule has 0 heterocycles. The largest absolute Gasteiger partial charge is 0.276 e. The van der Waals surface area contributed by atoms with Gasteiger partial charge in [0, 0.05) is 11.1 Å². The number of benzene rings is 2. The highest BCUT2D eigenvalue weighted by Crippen LogP contribution is 2.23. The predicted octanol–water partition coefficient (Wildman–Crippen LogP) is 6.01. The molecule has 0 spiro atoms. The molecule has 0 saturated carbocycles. The van der Waals surface area contributed by atoms with E-state index in [0.717, 1.165) is 0 Å². The fraction of sp³-hybridized carbons (Fsp3) is 0.364. The van der Waals surface area contributed by atoms with Gasteiger partial charge in [-0.3, -0.25) is 14.6 Å². The van der Waals surface area contributed by atoms with Crippen molar-refractivity contribution in [1.82, 2.24) is 5.01 Å². The van der Waals surface area contributed by atoms with Crippen LogP contribution in [0.1, 0.15) is 67.8 Å². The lowest BCUT2D eigenvalue weighted by Gasteiger charge is -2.31. The van der Waals surface area contributed by atoms with Gasteiger partial charge in [-0.2, -0.15) is 0 Å². The second-order valence-electron chi connectivity index (χ2n) is 8.31. The van der Waals surface area contributed by atoms with Crippen LogP contribution in [0.15, 0.2) is 54.6 Å². The molecule has 0 fully saturated rings. The van der Waals surface area contributed by atoms with Gasteiger partial charge < -0.3 is 0 Å². The minimum atomic E-state index is -0.407. The van der Waals surface area contributed by atoms with E-state index < -0.39 is 5.24 Å². The van der Waals surface area contributed by atoms with Gasteiger partial charge in [-0.15, -0.1) is 24.8 Å². The van der Waals surface area contributed by atoms with Crippen molar-refractivity contribution in [2.24, 2.45) is 5.84 Å². The zero-order valence-corrected chi connectivity index (χ0v) is 20.1. The molecule has 29 heavy (non-hydrogen) atoms. The van der Waals surface area contributed by atoms with Crippen LogP contribution in [0.2, 0.25) is 0 Å². The Kier molecular flexibility index (Phi) is 12.4. The quantitative estimate of drug-likeness (QED) is 0.258. The molecular formula is C22H31Cl3N2O2. The maximum atomic E-state index is 12.2. The Morgan fingerprint density at radius 2 is 1.24 bits per heavy atom. The van der Waals surface area contributed by atoms with Crippen molar-refractivity contribution in [2.45, 2.75) is 52.5 Å². The molecule has 0 aliphatic rings. The minimum Gasteiger partial charge on any atom is -0.276 e. The van der Waals surface area contributed by atoms with E-state index in [1.165, 1.54) is 10.6 Å². The summed E-state index contributed by atoms with van der Waals surface area (Å²) >= 11 is 5.16. The van der Waals surface area contributed by atoms with E-state index in [1.807, 2.05) is 51.1 Å². The smallest absolute Gasteiger partial charge is 0.268 e. The molecule has 0 unspecified atom stereocenters. The Labute approximate surface area is 191 Å². The lowest BCUT2D eigenvalue weighted by molar-refractivity contribution is 0.0581. The van der Waals surface area contributed by atoms with Crippen molar-refractivity contribution >= 4 is 47.6 Å². The number of hydrazine groups is 1. The lowest BCUT2D eigenvalue weighted by atomic mass is 9.86. The van der Waals surface area contributed by atoms with Crippen molar-refractivity contribution in [3.63, 3.8) is 0 Å². The van der Waals surface area contributed by atoms with E-state index >= 15 is 0 Å². The SMILES string of the molecule is CC(C)(C)c1ccc(C(=O)N(N)C(C)(C)C)cc1.Cl.Cl.O=C(Cl)c1ccccc1. The summed E-state index contributed by atoms with van der Waals surface area (Å²) in [4.78, 5) is 22.6. The highest BCUT2D eigenvalue weighted by Gasteiger charge is 2.24. The van der Waals surface area contributed by atoms with Gasteiger partial charge in [0.05, 0.1) is 5.54 Å². The normalized spacial score (nSPS) is 10.5. The lowest BCUT2D eigenvalue weighted by Crippen LogP contribution is -2.50. The fourth-order valence-corrected chi connectivity index (χ4v) is 2.25. The average molecular weight is 462 g/mol. The molecule has 162 valence electrons. The summed E-state index contributed by atoms with van der Waals surface area (Å²) in [7, 11) is 0. The molecule has 2 aromatic rings. The summed E-state index contributed by atoms with van der Waals surface area (Å²) in [6, 6.07) is 16.4. The van der Waals surface area contributed by atoms with Crippen LogP contribution in [0.25, 0.3) is 0 Å². The van der Waals surface area contributed by atoms with E-state index in [1.54, 1.807) is 24.3 Å². The monoisotopic (exact) mass is 460 g/mol. The van der Waals surface area contributed by atoms with Crippen molar-refractivity contribution < 1.29 is 9.59 Å². The third kappa shape index (κ3) is 9.64.